The summed E-state index contributed by atoms with van der Waals surface area (Å²) >= 11 is 0. The molecule has 2 unspecified atom stereocenters. The lowest BCUT2D eigenvalue weighted by Gasteiger charge is -2.20. The molecule has 0 spiro atoms. The molecule has 0 fully saturated rings. The average Bonchev–Trinajstić information content (AvgIpc) is 3.40. The fourth-order valence-corrected chi connectivity index (χ4v) is 10.0. The largest absolute Gasteiger partial charge is 0.466 e. The van der Waals surface area contributed by atoms with Gasteiger partial charge in [0.15, 0.2) is 0 Å². The highest BCUT2D eigenvalue weighted by Gasteiger charge is 2.18. The third-order valence-corrected chi connectivity index (χ3v) is 15.1. The highest BCUT2D eigenvalue weighted by atomic mass is 16.5. The number of carbonyl (C=O) groups excluding carboxylic acids is 2. The Balaban J connectivity index is 3.40. The molecule has 6 nitrogen and oxygen atoms in total. The number of carbonyl (C=O) groups is 2. The standard InChI is InChI=1S/C68H127NO5/c1-3-5-7-9-11-13-15-17-19-34-38-42-46-50-54-58-62-68(73)74-63-59-55-51-47-43-39-35-32-30-28-26-24-22-20-21-23-25-27-29-31-33-37-41-45-49-53-57-61-67(72)69-65(64-70)66(71)60-56-52-48-44-40-36-18-16-14-12-10-8-6-4-2/h13,15,19-21,34,56,60,65-66,70-71H,3-12,14,16-18,22-33,35-55,57-59,61-64H2,1-2H3,(H,69,72)/b15-13-,21-20-,34-19-,60-56+. The van der Waals surface area contributed by atoms with E-state index < -0.39 is 12.1 Å². The zero-order valence-electron chi connectivity index (χ0n) is 49.6. The molecule has 0 heterocycles. The summed E-state index contributed by atoms with van der Waals surface area (Å²) < 4.78 is 5.48. The van der Waals surface area contributed by atoms with Gasteiger partial charge in [0.05, 0.1) is 25.4 Å². The van der Waals surface area contributed by atoms with Gasteiger partial charge in [-0.2, -0.15) is 0 Å². The number of ether oxygens (including phenoxy) is 1. The van der Waals surface area contributed by atoms with Crippen LogP contribution in [0.4, 0.5) is 0 Å². The third kappa shape index (κ3) is 59.1. The summed E-state index contributed by atoms with van der Waals surface area (Å²) in [6.45, 7) is 4.89. The first-order chi connectivity index (χ1) is 36.5. The van der Waals surface area contributed by atoms with Crippen LogP contribution in [0.25, 0.3) is 0 Å². The fraction of sp³-hybridized carbons (Fsp3) is 0.853. The molecule has 0 aliphatic carbocycles. The van der Waals surface area contributed by atoms with E-state index in [1.54, 1.807) is 6.08 Å². The predicted molar refractivity (Wildman–Crippen MR) is 324 cm³/mol. The van der Waals surface area contributed by atoms with Crippen molar-refractivity contribution in [3.63, 3.8) is 0 Å². The molecular weight excluding hydrogens is 911 g/mol. The average molecular weight is 1040 g/mol. The maximum absolute atomic E-state index is 12.5. The van der Waals surface area contributed by atoms with Gasteiger partial charge in [-0.15, -0.1) is 0 Å². The van der Waals surface area contributed by atoms with Crippen LogP contribution in [0.5, 0.6) is 0 Å². The molecule has 0 radical (unpaired) electrons. The van der Waals surface area contributed by atoms with Crippen LogP contribution in [-0.2, 0) is 14.3 Å². The fourth-order valence-electron chi connectivity index (χ4n) is 10.0. The van der Waals surface area contributed by atoms with Gasteiger partial charge in [0, 0.05) is 12.8 Å². The number of hydrogen-bond donors (Lipinski definition) is 3. The number of nitrogens with one attached hydrogen (secondary N) is 1. The van der Waals surface area contributed by atoms with Crippen molar-refractivity contribution < 1.29 is 24.5 Å². The topological polar surface area (TPSA) is 95.9 Å². The molecule has 0 aromatic carbocycles. The molecule has 0 saturated carbocycles. The lowest BCUT2D eigenvalue weighted by molar-refractivity contribution is -0.143. The summed E-state index contributed by atoms with van der Waals surface area (Å²) in [4.78, 5) is 24.5. The molecule has 0 aliphatic rings. The van der Waals surface area contributed by atoms with Crippen LogP contribution in [0.1, 0.15) is 348 Å². The molecular formula is C68H127NO5. The number of unbranched alkanes of at least 4 members (excludes halogenated alkanes) is 44. The van der Waals surface area contributed by atoms with Gasteiger partial charge in [-0.25, -0.2) is 0 Å². The van der Waals surface area contributed by atoms with E-state index >= 15 is 0 Å². The SMILES string of the molecule is CCCCCC/C=C\C/C=C\CCCCCCCC(=O)OCCCCCCCCCCCCCC/C=C\CCCCCCCCCCCCCC(=O)NC(CO)C(O)/C=C/CCCCCCCCCCCCCC. The minimum absolute atomic E-state index is 0.00108. The number of rotatable bonds is 61. The van der Waals surface area contributed by atoms with Gasteiger partial charge in [-0.05, 0) is 89.9 Å². The zero-order chi connectivity index (χ0) is 53.6. The van der Waals surface area contributed by atoms with Crippen LogP contribution in [0, 0.1) is 0 Å². The molecule has 0 rings (SSSR count). The summed E-state index contributed by atoms with van der Waals surface area (Å²) in [7, 11) is 0. The Labute approximate surface area is 461 Å². The molecule has 0 saturated heterocycles. The Kier molecular flexibility index (Phi) is 61.5. The monoisotopic (exact) mass is 1040 g/mol. The second-order valence-electron chi connectivity index (χ2n) is 22.4. The third-order valence-electron chi connectivity index (χ3n) is 15.1. The first kappa shape index (κ1) is 71.8. The van der Waals surface area contributed by atoms with Crippen molar-refractivity contribution in [1.29, 1.82) is 0 Å². The van der Waals surface area contributed by atoms with Crippen LogP contribution < -0.4 is 5.32 Å². The second-order valence-corrected chi connectivity index (χ2v) is 22.4. The molecule has 2 atom stereocenters. The van der Waals surface area contributed by atoms with E-state index in [0.29, 0.717) is 19.4 Å². The summed E-state index contributed by atoms with van der Waals surface area (Å²) in [6, 6.07) is -0.629. The van der Waals surface area contributed by atoms with E-state index in [0.717, 1.165) is 51.4 Å². The van der Waals surface area contributed by atoms with Gasteiger partial charge in [0.2, 0.25) is 5.91 Å². The lowest BCUT2D eigenvalue weighted by Crippen LogP contribution is -2.45. The van der Waals surface area contributed by atoms with Crippen LogP contribution in [0.2, 0.25) is 0 Å². The summed E-state index contributed by atoms with van der Waals surface area (Å²) in [5, 5.41) is 23.1. The molecule has 74 heavy (non-hydrogen) atoms. The highest BCUT2D eigenvalue weighted by Crippen LogP contribution is 2.17. The first-order valence-corrected chi connectivity index (χ1v) is 32.9. The van der Waals surface area contributed by atoms with Crippen molar-refractivity contribution in [2.45, 2.75) is 360 Å². The number of aliphatic hydroxyl groups excluding tert-OH is 2. The molecule has 1 amide bonds. The van der Waals surface area contributed by atoms with Gasteiger partial charge in [0.25, 0.3) is 0 Å². The maximum Gasteiger partial charge on any atom is 0.305 e. The van der Waals surface area contributed by atoms with Gasteiger partial charge in [-0.3, -0.25) is 9.59 Å². The lowest BCUT2D eigenvalue weighted by atomic mass is 10.0. The van der Waals surface area contributed by atoms with Crippen molar-refractivity contribution in [2.75, 3.05) is 13.2 Å². The van der Waals surface area contributed by atoms with E-state index in [1.807, 2.05) is 6.08 Å². The molecule has 0 bridgehead atoms. The number of allylic oxidation sites excluding steroid dienone is 7. The number of esters is 1. The van der Waals surface area contributed by atoms with E-state index in [-0.39, 0.29) is 18.5 Å². The molecule has 434 valence electrons. The molecule has 6 heteroatoms. The zero-order valence-corrected chi connectivity index (χ0v) is 49.6. The maximum atomic E-state index is 12.5. The van der Waals surface area contributed by atoms with Crippen LogP contribution in [0.15, 0.2) is 48.6 Å². The number of hydrogen-bond acceptors (Lipinski definition) is 5. The number of amides is 1. The predicted octanol–water partition coefficient (Wildman–Crippen LogP) is 20.9. The minimum Gasteiger partial charge on any atom is -0.466 e. The van der Waals surface area contributed by atoms with E-state index in [1.165, 1.54) is 270 Å². The minimum atomic E-state index is -0.845. The van der Waals surface area contributed by atoms with Crippen molar-refractivity contribution in [2.24, 2.45) is 0 Å². The van der Waals surface area contributed by atoms with Crippen LogP contribution in [0.3, 0.4) is 0 Å². The smallest absolute Gasteiger partial charge is 0.305 e. The first-order valence-electron chi connectivity index (χ1n) is 32.9. The van der Waals surface area contributed by atoms with Gasteiger partial charge < -0.3 is 20.3 Å². The Morgan fingerprint density at radius 3 is 1.05 bits per heavy atom. The molecule has 0 aromatic heterocycles. The van der Waals surface area contributed by atoms with Gasteiger partial charge in [-0.1, -0.05) is 294 Å². The molecule has 0 aliphatic heterocycles. The second kappa shape index (κ2) is 63.4. The Morgan fingerprint density at radius 1 is 0.378 bits per heavy atom. The van der Waals surface area contributed by atoms with Gasteiger partial charge >= 0.3 is 5.97 Å². The highest BCUT2D eigenvalue weighted by molar-refractivity contribution is 5.76. The van der Waals surface area contributed by atoms with Gasteiger partial charge in [0.1, 0.15) is 0 Å². The van der Waals surface area contributed by atoms with Crippen molar-refractivity contribution in [3.8, 4) is 0 Å². The van der Waals surface area contributed by atoms with Crippen LogP contribution in [-0.4, -0.2) is 47.4 Å². The van der Waals surface area contributed by atoms with E-state index in [2.05, 4.69) is 55.6 Å². The van der Waals surface area contributed by atoms with Crippen molar-refractivity contribution in [1.82, 2.24) is 5.32 Å². The van der Waals surface area contributed by atoms with E-state index in [9.17, 15) is 19.8 Å². The summed E-state index contributed by atoms with van der Waals surface area (Å²) in [6.07, 6.45) is 81.7. The number of aliphatic hydroxyl groups is 2. The normalized spacial score (nSPS) is 12.9. The molecule has 0 aromatic rings. The Bertz CT molecular complexity index is 1240. The Morgan fingerprint density at radius 2 is 0.676 bits per heavy atom. The Hall–Kier alpha value is -2.18. The summed E-state index contributed by atoms with van der Waals surface area (Å²) in [5.74, 6) is -0.0672. The van der Waals surface area contributed by atoms with Crippen molar-refractivity contribution >= 4 is 11.9 Å². The summed E-state index contributed by atoms with van der Waals surface area (Å²) in [5.41, 5.74) is 0. The van der Waals surface area contributed by atoms with Crippen molar-refractivity contribution in [3.05, 3.63) is 48.6 Å². The molecule has 3 N–H and O–H groups in total. The van der Waals surface area contributed by atoms with E-state index in [4.69, 9.17) is 4.74 Å². The van der Waals surface area contributed by atoms with Crippen LogP contribution >= 0.6 is 0 Å². The quantitative estimate of drug-likeness (QED) is 0.0320.